The average molecular weight is 240 g/mol. The fourth-order valence-corrected chi connectivity index (χ4v) is 2.04. The molecule has 0 saturated heterocycles. The van der Waals surface area contributed by atoms with E-state index in [1.807, 2.05) is 30.3 Å². The Morgan fingerprint density at radius 2 is 1.71 bits per heavy atom. The molecule has 1 saturated carbocycles. The van der Waals surface area contributed by atoms with Crippen LogP contribution >= 0.6 is 0 Å². The van der Waals surface area contributed by atoms with Crippen LogP contribution in [0.2, 0.25) is 0 Å². The minimum atomic E-state index is -0.653. The zero-order valence-corrected chi connectivity index (χ0v) is 9.31. The van der Waals surface area contributed by atoms with Gasteiger partial charge in [0, 0.05) is 11.8 Å². The summed E-state index contributed by atoms with van der Waals surface area (Å²) in [7, 11) is 0. The second-order valence-electron chi connectivity index (χ2n) is 4.26. The topological polar surface area (TPSA) is 26.3 Å². The minimum absolute atomic E-state index is 0.161. The maximum absolute atomic E-state index is 12.4. The van der Waals surface area contributed by atoms with Crippen molar-refractivity contribution in [3.05, 3.63) is 35.9 Å². The van der Waals surface area contributed by atoms with E-state index in [1.54, 1.807) is 0 Å². The van der Waals surface area contributed by atoms with E-state index in [0.717, 1.165) is 5.56 Å². The van der Waals surface area contributed by atoms with Crippen LogP contribution in [0, 0.1) is 17.8 Å². The van der Waals surface area contributed by atoms with Gasteiger partial charge in [0.25, 0.3) is 0 Å². The van der Waals surface area contributed by atoms with Crippen LogP contribution in [0.3, 0.4) is 0 Å². The van der Waals surface area contributed by atoms with Crippen LogP contribution in [0.25, 0.3) is 0 Å². The third kappa shape index (κ3) is 2.62. The van der Waals surface area contributed by atoms with E-state index in [-0.39, 0.29) is 6.61 Å². The molecule has 1 aromatic carbocycles. The number of esters is 1. The van der Waals surface area contributed by atoms with E-state index < -0.39 is 37.1 Å². The van der Waals surface area contributed by atoms with Crippen molar-refractivity contribution >= 4 is 5.97 Å². The van der Waals surface area contributed by atoms with Gasteiger partial charge in [-0.3, -0.25) is 13.6 Å². The van der Waals surface area contributed by atoms with E-state index in [2.05, 4.69) is 0 Å². The Morgan fingerprint density at radius 1 is 1.12 bits per heavy atom. The highest BCUT2D eigenvalue weighted by molar-refractivity contribution is 5.76. The molecule has 1 aliphatic carbocycles. The van der Waals surface area contributed by atoms with Crippen molar-refractivity contribution in [1.82, 2.24) is 0 Å². The van der Waals surface area contributed by atoms with E-state index in [4.69, 9.17) is 4.74 Å². The number of alkyl halides is 2. The molecule has 1 aliphatic rings. The molecule has 17 heavy (non-hydrogen) atoms. The number of hydrogen-bond acceptors (Lipinski definition) is 2. The van der Waals surface area contributed by atoms with Gasteiger partial charge in [-0.2, -0.15) is 0 Å². The van der Waals surface area contributed by atoms with E-state index in [0.29, 0.717) is 0 Å². The Hall–Kier alpha value is -1.45. The summed E-state index contributed by atoms with van der Waals surface area (Å²) in [5, 5.41) is 0. The zero-order chi connectivity index (χ0) is 12.3. The molecule has 1 aromatic rings. The summed E-state index contributed by atoms with van der Waals surface area (Å²) in [4.78, 5) is 11.6. The molecule has 4 heteroatoms. The standard InChI is InChI=1S/C13H14F2O2/c14-6-10-11(7-15)12(10)13(16)17-8-9-4-2-1-3-5-9/h1-5,10-12H,6-8H2/t10-,11+,12?. The monoisotopic (exact) mass is 240 g/mol. The Morgan fingerprint density at radius 3 is 2.24 bits per heavy atom. The summed E-state index contributed by atoms with van der Waals surface area (Å²) >= 11 is 0. The smallest absolute Gasteiger partial charge is 0.310 e. The predicted octanol–water partition coefficient (Wildman–Crippen LogP) is 2.53. The lowest BCUT2D eigenvalue weighted by Gasteiger charge is -2.04. The predicted molar refractivity (Wildman–Crippen MR) is 58.7 cm³/mol. The van der Waals surface area contributed by atoms with Crippen molar-refractivity contribution in [2.75, 3.05) is 13.3 Å². The van der Waals surface area contributed by atoms with E-state index in [1.165, 1.54) is 0 Å². The van der Waals surface area contributed by atoms with Gasteiger partial charge in [0.2, 0.25) is 0 Å². The van der Waals surface area contributed by atoms with Crippen molar-refractivity contribution in [3.63, 3.8) is 0 Å². The zero-order valence-electron chi connectivity index (χ0n) is 9.31. The van der Waals surface area contributed by atoms with Crippen molar-refractivity contribution in [2.45, 2.75) is 6.61 Å². The van der Waals surface area contributed by atoms with Gasteiger partial charge in [-0.05, 0) is 5.56 Å². The van der Waals surface area contributed by atoms with Gasteiger partial charge in [0.15, 0.2) is 0 Å². The van der Waals surface area contributed by atoms with Gasteiger partial charge in [-0.1, -0.05) is 30.3 Å². The van der Waals surface area contributed by atoms with Crippen molar-refractivity contribution in [1.29, 1.82) is 0 Å². The first kappa shape index (κ1) is 12.0. The Bertz CT molecular complexity index is 370. The summed E-state index contributed by atoms with van der Waals surface area (Å²) in [5.41, 5.74) is 0.870. The molecule has 0 aliphatic heterocycles. The lowest BCUT2D eigenvalue weighted by atomic mass is 10.2. The van der Waals surface area contributed by atoms with Gasteiger partial charge in [-0.15, -0.1) is 0 Å². The van der Waals surface area contributed by atoms with E-state index >= 15 is 0 Å². The molecule has 0 amide bonds. The Labute approximate surface area is 98.6 Å². The highest BCUT2D eigenvalue weighted by Gasteiger charge is 2.55. The summed E-state index contributed by atoms with van der Waals surface area (Å²) in [5.74, 6) is -2.04. The Kier molecular flexibility index (Phi) is 3.71. The van der Waals surface area contributed by atoms with Crippen LogP contribution in [0.4, 0.5) is 8.78 Å². The molecule has 92 valence electrons. The largest absolute Gasteiger partial charge is 0.461 e. The number of rotatable bonds is 5. The molecule has 0 heterocycles. The Balaban J connectivity index is 1.83. The van der Waals surface area contributed by atoms with Gasteiger partial charge < -0.3 is 4.74 Å². The maximum Gasteiger partial charge on any atom is 0.310 e. The lowest BCUT2D eigenvalue weighted by Crippen LogP contribution is -2.09. The van der Waals surface area contributed by atoms with Crippen LogP contribution in [-0.4, -0.2) is 19.3 Å². The molecule has 0 radical (unpaired) electrons. The molecule has 0 spiro atoms. The number of carbonyl (C=O) groups excluding carboxylic acids is 1. The highest BCUT2D eigenvalue weighted by Crippen LogP contribution is 2.47. The van der Waals surface area contributed by atoms with E-state index in [9.17, 15) is 13.6 Å². The van der Waals surface area contributed by atoms with Gasteiger partial charge in [0.1, 0.15) is 6.61 Å². The summed E-state index contributed by atoms with van der Waals surface area (Å²) < 4.78 is 29.9. The quantitative estimate of drug-likeness (QED) is 0.739. The normalized spacial score (nSPS) is 26.6. The van der Waals surface area contributed by atoms with Crippen LogP contribution in [0.15, 0.2) is 30.3 Å². The molecule has 2 nitrogen and oxygen atoms in total. The highest BCUT2D eigenvalue weighted by atomic mass is 19.1. The third-order valence-electron chi connectivity index (χ3n) is 3.18. The van der Waals surface area contributed by atoms with Gasteiger partial charge in [-0.25, -0.2) is 0 Å². The number of benzene rings is 1. The molecule has 1 fully saturated rings. The third-order valence-corrected chi connectivity index (χ3v) is 3.18. The first-order valence-electron chi connectivity index (χ1n) is 5.60. The van der Waals surface area contributed by atoms with Crippen LogP contribution in [0.5, 0.6) is 0 Å². The van der Waals surface area contributed by atoms with Crippen molar-refractivity contribution in [3.8, 4) is 0 Å². The van der Waals surface area contributed by atoms with Gasteiger partial charge in [0.05, 0.1) is 19.3 Å². The second kappa shape index (κ2) is 5.25. The first-order valence-corrected chi connectivity index (χ1v) is 5.60. The van der Waals surface area contributed by atoms with Gasteiger partial charge >= 0.3 is 5.97 Å². The second-order valence-corrected chi connectivity index (χ2v) is 4.26. The minimum Gasteiger partial charge on any atom is -0.461 e. The average Bonchev–Trinajstić information content (AvgIpc) is 3.10. The van der Waals surface area contributed by atoms with Crippen molar-refractivity contribution < 1.29 is 18.3 Å². The van der Waals surface area contributed by atoms with Crippen LogP contribution in [-0.2, 0) is 16.1 Å². The van der Waals surface area contributed by atoms with Crippen LogP contribution in [0.1, 0.15) is 5.56 Å². The number of halogens is 2. The SMILES string of the molecule is O=C(OCc1ccccc1)C1[C@@H](CF)[C@H]1CF. The number of ether oxygens (including phenoxy) is 1. The number of carbonyl (C=O) groups is 1. The summed E-state index contributed by atoms with van der Waals surface area (Å²) in [6, 6.07) is 9.22. The maximum atomic E-state index is 12.4. The molecule has 0 N–H and O–H groups in total. The molecular formula is C13H14F2O2. The summed E-state index contributed by atoms with van der Waals surface area (Å²) in [6.07, 6.45) is 0. The van der Waals surface area contributed by atoms with Crippen molar-refractivity contribution in [2.24, 2.45) is 17.8 Å². The molecule has 0 bridgehead atoms. The molecular weight excluding hydrogens is 226 g/mol. The molecule has 3 atom stereocenters. The summed E-state index contributed by atoms with van der Waals surface area (Å²) in [6.45, 7) is -1.15. The number of hydrogen-bond donors (Lipinski definition) is 0. The molecule has 0 aromatic heterocycles. The molecule has 2 rings (SSSR count). The fourth-order valence-electron chi connectivity index (χ4n) is 2.04. The fraction of sp³-hybridized carbons (Fsp3) is 0.462. The molecule has 1 unspecified atom stereocenters. The first-order chi connectivity index (χ1) is 8.27. The lowest BCUT2D eigenvalue weighted by molar-refractivity contribution is -0.147. The van der Waals surface area contributed by atoms with Crippen LogP contribution < -0.4 is 0 Å².